The van der Waals surface area contributed by atoms with Crippen molar-refractivity contribution < 1.29 is 9.53 Å². The molecule has 4 heteroatoms. The molecule has 1 rings (SSSR count). The highest BCUT2D eigenvalue weighted by Crippen LogP contribution is 2.27. The van der Waals surface area contributed by atoms with E-state index in [1.165, 1.54) is 7.11 Å². The zero-order valence-corrected chi connectivity index (χ0v) is 12.8. The lowest BCUT2D eigenvalue weighted by Crippen LogP contribution is -2.52. The molecule has 0 bridgehead atoms. The first-order valence-corrected chi connectivity index (χ1v) is 7.83. The summed E-state index contributed by atoms with van der Waals surface area (Å²) in [5, 5.41) is 3.39. The summed E-state index contributed by atoms with van der Waals surface area (Å²) in [5.41, 5.74) is 0.225. The van der Waals surface area contributed by atoms with Crippen LogP contribution in [0.3, 0.4) is 0 Å². The first-order chi connectivity index (χ1) is 9.21. The molecular weight excluding hydrogens is 258 g/mol. The number of carbonyl (C=O) groups excluding carboxylic acids is 1. The third-order valence-corrected chi connectivity index (χ3v) is 4.05. The average molecular weight is 281 g/mol. The number of carbonyl (C=O) groups is 1. The Kier molecular flexibility index (Phi) is 6.95. The van der Waals surface area contributed by atoms with E-state index in [0.717, 1.165) is 24.3 Å². The second-order valence-electron chi connectivity index (χ2n) is 4.33. The summed E-state index contributed by atoms with van der Waals surface area (Å²) < 4.78 is 5.05. The fourth-order valence-electron chi connectivity index (χ4n) is 1.98. The minimum absolute atomic E-state index is 0.215. The van der Waals surface area contributed by atoms with Crippen LogP contribution in [-0.4, -0.2) is 31.1 Å². The summed E-state index contributed by atoms with van der Waals surface area (Å²) >= 11 is 1.74. The number of ether oxygens (including phenoxy) is 1. The molecule has 106 valence electrons. The molecule has 0 radical (unpaired) electrons. The number of hydrogen-bond acceptors (Lipinski definition) is 4. The highest BCUT2D eigenvalue weighted by atomic mass is 32.2. The Balaban J connectivity index is 3.13. The highest BCUT2D eigenvalue weighted by molar-refractivity contribution is 7.99. The van der Waals surface area contributed by atoms with Crippen molar-refractivity contribution in [3.05, 3.63) is 35.9 Å². The fourth-order valence-corrected chi connectivity index (χ4v) is 2.87. The summed E-state index contributed by atoms with van der Waals surface area (Å²) in [7, 11) is 1.45. The molecule has 0 aliphatic carbocycles. The van der Waals surface area contributed by atoms with Gasteiger partial charge in [-0.3, -0.25) is 5.32 Å². The van der Waals surface area contributed by atoms with E-state index in [2.05, 4.69) is 19.2 Å². The SMILES string of the molecule is CCCNC(CSCC)(C(=O)OC)c1ccccc1. The van der Waals surface area contributed by atoms with Crippen LogP contribution in [-0.2, 0) is 15.1 Å². The topological polar surface area (TPSA) is 38.3 Å². The second kappa shape index (κ2) is 8.23. The Hall–Kier alpha value is -1.00. The lowest BCUT2D eigenvalue weighted by Gasteiger charge is -2.32. The van der Waals surface area contributed by atoms with Crippen molar-refractivity contribution in [2.24, 2.45) is 0 Å². The van der Waals surface area contributed by atoms with Crippen molar-refractivity contribution >= 4 is 17.7 Å². The predicted octanol–water partition coefficient (Wildman–Crippen LogP) is 2.81. The van der Waals surface area contributed by atoms with Gasteiger partial charge < -0.3 is 4.74 Å². The molecule has 1 unspecified atom stereocenters. The van der Waals surface area contributed by atoms with Gasteiger partial charge in [-0.2, -0.15) is 11.8 Å². The summed E-state index contributed by atoms with van der Waals surface area (Å²) in [4.78, 5) is 12.3. The third kappa shape index (κ3) is 3.98. The second-order valence-corrected chi connectivity index (χ2v) is 5.60. The number of methoxy groups -OCH3 is 1. The maximum absolute atomic E-state index is 12.3. The normalized spacial score (nSPS) is 13.8. The number of thioether (sulfide) groups is 1. The van der Waals surface area contributed by atoms with Crippen molar-refractivity contribution in [3.63, 3.8) is 0 Å². The Labute approximate surface area is 120 Å². The molecule has 0 fully saturated rings. The number of hydrogen-bond donors (Lipinski definition) is 1. The van der Waals surface area contributed by atoms with E-state index in [1.807, 2.05) is 30.3 Å². The molecule has 0 aliphatic heterocycles. The third-order valence-electron chi connectivity index (χ3n) is 3.00. The van der Waals surface area contributed by atoms with Gasteiger partial charge in [0.2, 0.25) is 0 Å². The van der Waals surface area contributed by atoms with Gasteiger partial charge >= 0.3 is 5.97 Å². The van der Waals surface area contributed by atoms with Crippen LogP contribution in [0, 0.1) is 0 Å². The number of esters is 1. The van der Waals surface area contributed by atoms with Gasteiger partial charge in [-0.05, 0) is 24.3 Å². The van der Waals surface area contributed by atoms with Gasteiger partial charge in [0.1, 0.15) is 0 Å². The molecule has 3 nitrogen and oxygen atoms in total. The van der Waals surface area contributed by atoms with Crippen molar-refractivity contribution in [2.75, 3.05) is 25.2 Å². The quantitative estimate of drug-likeness (QED) is 0.744. The molecule has 0 aliphatic rings. The Morgan fingerprint density at radius 2 is 2.00 bits per heavy atom. The van der Waals surface area contributed by atoms with Gasteiger partial charge in [-0.15, -0.1) is 0 Å². The van der Waals surface area contributed by atoms with Gasteiger partial charge in [-0.1, -0.05) is 44.2 Å². The van der Waals surface area contributed by atoms with Gasteiger partial charge in [-0.25, -0.2) is 4.79 Å². The lowest BCUT2D eigenvalue weighted by molar-refractivity contribution is -0.148. The Bertz CT molecular complexity index is 373. The summed E-state index contributed by atoms with van der Waals surface area (Å²) in [6.07, 6.45) is 0.975. The molecule has 1 N–H and O–H groups in total. The molecule has 0 saturated heterocycles. The van der Waals surface area contributed by atoms with Crippen molar-refractivity contribution in [1.82, 2.24) is 5.32 Å². The molecule has 0 aromatic heterocycles. The summed E-state index contributed by atoms with van der Waals surface area (Å²) in [6.45, 7) is 4.97. The zero-order chi connectivity index (χ0) is 14.1. The van der Waals surface area contributed by atoms with Gasteiger partial charge in [0, 0.05) is 5.75 Å². The van der Waals surface area contributed by atoms with E-state index in [1.54, 1.807) is 11.8 Å². The number of nitrogens with one attached hydrogen (secondary N) is 1. The average Bonchev–Trinajstić information content (AvgIpc) is 2.48. The molecule has 1 aromatic rings. The smallest absolute Gasteiger partial charge is 0.331 e. The van der Waals surface area contributed by atoms with Crippen LogP contribution >= 0.6 is 11.8 Å². The first-order valence-electron chi connectivity index (χ1n) is 6.68. The fraction of sp³-hybridized carbons (Fsp3) is 0.533. The number of rotatable bonds is 8. The molecule has 1 atom stereocenters. The molecule has 0 heterocycles. The maximum Gasteiger partial charge on any atom is 0.331 e. The van der Waals surface area contributed by atoms with Crippen LogP contribution in [0.2, 0.25) is 0 Å². The Morgan fingerprint density at radius 1 is 1.32 bits per heavy atom. The molecule has 0 amide bonds. The largest absolute Gasteiger partial charge is 0.467 e. The monoisotopic (exact) mass is 281 g/mol. The Morgan fingerprint density at radius 3 is 2.53 bits per heavy atom. The highest BCUT2D eigenvalue weighted by Gasteiger charge is 2.40. The van der Waals surface area contributed by atoms with Crippen molar-refractivity contribution in [3.8, 4) is 0 Å². The maximum atomic E-state index is 12.3. The number of benzene rings is 1. The van der Waals surface area contributed by atoms with Crippen LogP contribution in [0.25, 0.3) is 0 Å². The van der Waals surface area contributed by atoms with Gasteiger partial charge in [0.25, 0.3) is 0 Å². The standard InChI is InChI=1S/C15H23NO2S/c1-4-11-16-15(12-19-5-2,14(17)18-3)13-9-7-6-8-10-13/h6-10,16H,4-5,11-12H2,1-3H3. The zero-order valence-electron chi connectivity index (χ0n) is 11.9. The van der Waals surface area contributed by atoms with Crippen LogP contribution < -0.4 is 5.32 Å². The minimum Gasteiger partial charge on any atom is -0.467 e. The van der Waals surface area contributed by atoms with Crippen LogP contribution in [0.15, 0.2) is 30.3 Å². The minimum atomic E-state index is -0.743. The molecule has 19 heavy (non-hydrogen) atoms. The molecule has 0 saturated carbocycles. The van der Waals surface area contributed by atoms with Crippen LogP contribution in [0.1, 0.15) is 25.8 Å². The van der Waals surface area contributed by atoms with Crippen LogP contribution in [0.4, 0.5) is 0 Å². The molecular formula is C15H23NO2S. The van der Waals surface area contributed by atoms with E-state index in [0.29, 0.717) is 5.75 Å². The molecule has 0 spiro atoms. The van der Waals surface area contributed by atoms with E-state index in [-0.39, 0.29) is 5.97 Å². The molecule has 1 aromatic carbocycles. The van der Waals surface area contributed by atoms with Gasteiger partial charge in [0.05, 0.1) is 7.11 Å². The van der Waals surface area contributed by atoms with E-state index in [9.17, 15) is 4.79 Å². The summed E-state index contributed by atoms with van der Waals surface area (Å²) in [5.74, 6) is 1.44. The van der Waals surface area contributed by atoms with E-state index in [4.69, 9.17) is 4.74 Å². The van der Waals surface area contributed by atoms with E-state index >= 15 is 0 Å². The predicted molar refractivity (Wildman–Crippen MR) is 81.4 cm³/mol. The van der Waals surface area contributed by atoms with Crippen molar-refractivity contribution in [1.29, 1.82) is 0 Å². The lowest BCUT2D eigenvalue weighted by atomic mass is 9.91. The van der Waals surface area contributed by atoms with Crippen molar-refractivity contribution in [2.45, 2.75) is 25.8 Å². The summed E-state index contributed by atoms with van der Waals surface area (Å²) in [6, 6.07) is 9.83. The van der Waals surface area contributed by atoms with E-state index < -0.39 is 5.54 Å². The first kappa shape index (κ1) is 16.1. The van der Waals surface area contributed by atoms with Gasteiger partial charge in [0.15, 0.2) is 5.54 Å². The van der Waals surface area contributed by atoms with Crippen LogP contribution in [0.5, 0.6) is 0 Å².